The van der Waals surface area contributed by atoms with E-state index in [1.54, 1.807) is 24.3 Å². The van der Waals surface area contributed by atoms with Gasteiger partial charge < -0.3 is 20.0 Å². The maximum Gasteiger partial charge on any atom is 0.303 e. The van der Waals surface area contributed by atoms with Crippen molar-refractivity contribution in [3.8, 4) is 0 Å². The number of carbonyl (C=O) groups excluding carboxylic acids is 1. The van der Waals surface area contributed by atoms with Crippen LogP contribution in [0.1, 0.15) is 41.6 Å². The molecular formula is C23H28N2O5. The topological polar surface area (TPSA) is 98.2 Å². The van der Waals surface area contributed by atoms with E-state index in [9.17, 15) is 14.4 Å². The number of ketones is 1. The lowest BCUT2D eigenvalue weighted by atomic mass is 10.0. The normalized spacial score (nSPS) is 10.5. The first kappa shape index (κ1) is 22.9. The Morgan fingerprint density at radius 1 is 0.667 bits per heavy atom. The molecule has 7 heteroatoms. The van der Waals surface area contributed by atoms with Gasteiger partial charge in [0.25, 0.3) is 0 Å². The van der Waals surface area contributed by atoms with E-state index < -0.39 is 11.9 Å². The monoisotopic (exact) mass is 412 g/mol. The lowest BCUT2D eigenvalue weighted by molar-refractivity contribution is -0.138. The van der Waals surface area contributed by atoms with Crippen molar-refractivity contribution in [3.05, 3.63) is 59.7 Å². The van der Waals surface area contributed by atoms with Gasteiger partial charge in [0.15, 0.2) is 5.78 Å². The van der Waals surface area contributed by atoms with Gasteiger partial charge in [0.05, 0.1) is 0 Å². The van der Waals surface area contributed by atoms with Crippen molar-refractivity contribution in [2.45, 2.75) is 25.7 Å². The minimum Gasteiger partial charge on any atom is -0.481 e. The van der Waals surface area contributed by atoms with Gasteiger partial charge in [-0.25, -0.2) is 0 Å². The van der Waals surface area contributed by atoms with Crippen molar-refractivity contribution in [1.29, 1.82) is 0 Å². The number of rotatable bonds is 12. The van der Waals surface area contributed by atoms with E-state index >= 15 is 0 Å². The molecule has 0 radical (unpaired) electrons. The van der Waals surface area contributed by atoms with Crippen molar-refractivity contribution >= 4 is 29.1 Å². The molecule has 0 spiro atoms. The molecule has 0 bridgehead atoms. The van der Waals surface area contributed by atoms with Crippen LogP contribution in [0.4, 0.5) is 11.4 Å². The first-order chi connectivity index (χ1) is 14.3. The molecule has 0 aromatic heterocycles. The summed E-state index contributed by atoms with van der Waals surface area (Å²) in [4.78, 5) is 37.9. The first-order valence-corrected chi connectivity index (χ1v) is 9.88. The summed E-state index contributed by atoms with van der Waals surface area (Å²) in [5.74, 6) is -1.68. The Balaban J connectivity index is 1.96. The van der Waals surface area contributed by atoms with Crippen molar-refractivity contribution in [3.63, 3.8) is 0 Å². The van der Waals surface area contributed by atoms with Gasteiger partial charge in [0.2, 0.25) is 0 Å². The van der Waals surface area contributed by atoms with Gasteiger partial charge in [-0.15, -0.1) is 0 Å². The zero-order chi connectivity index (χ0) is 22.1. The summed E-state index contributed by atoms with van der Waals surface area (Å²) in [5.41, 5.74) is 3.02. The summed E-state index contributed by atoms with van der Waals surface area (Å²) in [6, 6.07) is 14.5. The van der Waals surface area contributed by atoms with Crippen LogP contribution in [-0.2, 0) is 9.59 Å². The predicted octanol–water partition coefficient (Wildman–Crippen LogP) is 3.52. The van der Waals surface area contributed by atoms with Gasteiger partial charge in [-0.2, -0.15) is 0 Å². The van der Waals surface area contributed by atoms with Crippen molar-refractivity contribution in [2.75, 3.05) is 37.0 Å². The van der Waals surface area contributed by atoms with E-state index in [0.29, 0.717) is 37.1 Å². The van der Waals surface area contributed by atoms with Gasteiger partial charge in [0.1, 0.15) is 0 Å². The Labute approximate surface area is 176 Å². The minimum atomic E-state index is -0.804. The number of carbonyl (C=O) groups is 3. The highest BCUT2D eigenvalue weighted by molar-refractivity contribution is 6.09. The number of nitrogens with zero attached hydrogens (tertiary/aromatic N) is 2. The summed E-state index contributed by atoms with van der Waals surface area (Å²) in [6.45, 7) is 1.25. The highest BCUT2D eigenvalue weighted by atomic mass is 16.4. The number of benzene rings is 2. The fourth-order valence-electron chi connectivity index (χ4n) is 3.09. The molecule has 2 aromatic carbocycles. The summed E-state index contributed by atoms with van der Waals surface area (Å²) >= 11 is 0. The molecule has 0 aliphatic carbocycles. The number of carboxylic acid groups (broad SMARTS) is 2. The second-order valence-corrected chi connectivity index (χ2v) is 7.26. The molecule has 0 amide bonds. The summed E-state index contributed by atoms with van der Waals surface area (Å²) < 4.78 is 0. The van der Waals surface area contributed by atoms with E-state index in [1.165, 1.54) is 0 Å². The predicted molar refractivity (Wildman–Crippen MR) is 117 cm³/mol. The molecule has 0 atom stereocenters. The quantitative estimate of drug-likeness (QED) is 0.515. The van der Waals surface area contributed by atoms with Crippen molar-refractivity contribution < 1.29 is 24.6 Å². The van der Waals surface area contributed by atoms with Gasteiger partial charge in [0, 0.05) is 62.5 Å². The maximum atomic E-state index is 12.7. The third-order valence-corrected chi connectivity index (χ3v) is 4.91. The third kappa shape index (κ3) is 6.92. The Kier molecular flexibility index (Phi) is 8.41. The lowest BCUT2D eigenvalue weighted by Crippen LogP contribution is -2.19. The van der Waals surface area contributed by atoms with Crippen LogP contribution in [0.2, 0.25) is 0 Å². The number of carboxylic acids is 2. The average molecular weight is 412 g/mol. The molecular weight excluding hydrogens is 384 g/mol. The van der Waals surface area contributed by atoms with Crippen molar-refractivity contribution in [1.82, 2.24) is 0 Å². The lowest BCUT2D eigenvalue weighted by Gasteiger charge is -2.19. The van der Waals surface area contributed by atoms with Crippen LogP contribution in [-0.4, -0.2) is 55.1 Å². The van der Waals surface area contributed by atoms with Crippen LogP contribution in [0, 0.1) is 0 Å². The van der Waals surface area contributed by atoms with Crippen LogP contribution >= 0.6 is 0 Å². The number of aliphatic carboxylic acids is 2. The zero-order valence-corrected chi connectivity index (χ0v) is 17.4. The molecule has 30 heavy (non-hydrogen) atoms. The van der Waals surface area contributed by atoms with Gasteiger partial charge in [-0.3, -0.25) is 14.4 Å². The Hall–Kier alpha value is -3.35. The summed E-state index contributed by atoms with van der Waals surface area (Å²) in [6.07, 6.45) is 1.38. The molecule has 160 valence electrons. The van der Waals surface area contributed by atoms with Gasteiger partial charge in [-0.1, -0.05) is 0 Å². The largest absolute Gasteiger partial charge is 0.481 e. The summed E-state index contributed by atoms with van der Waals surface area (Å²) in [5, 5.41) is 17.5. The Morgan fingerprint density at radius 3 is 1.30 bits per heavy atom. The van der Waals surface area contributed by atoms with Gasteiger partial charge >= 0.3 is 11.9 Å². The molecule has 0 heterocycles. The second-order valence-electron chi connectivity index (χ2n) is 7.26. The van der Waals surface area contributed by atoms with Crippen LogP contribution < -0.4 is 9.80 Å². The van der Waals surface area contributed by atoms with Crippen LogP contribution in [0.25, 0.3) is 0 Å². The Morgan fingerprint density at radius 2 is 1.00 bits per heavy atom. The molecule has 2 rings (SSSR count). The van der Waals surface area contributed by atoms with E-state index in [2.05, 4.69) is 0 Å². The number of hydrogen-bond acceptors (Lipinski definition) is 5. The highest BCUT2D eigenvalue weighted by Gasteiger charge is 2.11. The third-order valence-electron chi connectivity index (χ3n) is 4.91. The minimum absolute atomic E-state index is 0.0739. The Bertz CT molecular complexity index is 791. The van der Waals surface area contributed by atoms with Crippen LogP contribution in [0.3, 0.4) is 0 Å². The molecule has 0 unspecified atom stereocenters. The molecule has 7 nitrogen and oxygen atoms in total. The van der Waals surface area contributed by atoms with Crippen molar-refractivity contribution in [2.24, 2.45) is 0 Å². The fourth-order valence-corrected chi connectivity index (χ4v) is 3.09. The van der Waals surface area contributed by atoms with E-state index in [1.807, 2.05) is 48.2 Å². The van der Waals surface area contributed by atoms with Gasteiger partial charge in [-0.05, 0) is 61.4 Å². The maximum absolute atomic E-state index is 12.7. The average Bonchev–Trinajstić information content (AvgIpc) is 2.72. The van der Waals surface area contributed by atoms with E-state index in [4.69, 9.17) is 10.2 Å². The molecule has 0 aliphatic heterocycles. The summed E-state index contributed by atoms with van der Waals surface area (Å²) in [7, 11) is 3.79. The molecule has 0 saturated heterocycles. The zero-order valence-electron chi connectivity index (χ0n) is 17.4. The van der Waals surface area contributed by atoms with Crippen LogP contribution in [0.5, 0.6) is 0 Å². The SMILES string of the molecule is CN(CCCC(=O)O)c1ccc(C(=O)c2ccc(N(C)CCCC(=O)O)cc2)cc1. The number of anilines is 2. The van der Waals surface area contributed by atoms with E-state index in [0.717, 1.165) is 11.4 Å². The fraction of sp³-hybridized carbons (Fsp3) is 0.348. The smallest absolute Gasteiger partial charge is 0.303 e. The molecule has 0 fully saturated rings. The highest BCUT2D eigenvalue weighted by Crippen LogP contribution is 2.19. The second kappa shape index (κ2) is 11.0. The molecule has 0 aliphatic rings. The first-order valence-electron chi connectivity index (χ1n) is 9.88. The molecule has 2 aromatic rings. The standard InChI is InChI=1S/C23H28N2O5/c1-24(15-3-5-21(26)27)19-11-7-17(8-12-19)23(30)18-9-13-20(14-10-18)25(2)16-4-6-22(28)29/h7-14H,3-6,15-16H2,1-2H3,(H,26,27)(H,28,29). The van der Waals surface area contributed by atoms with E-state index in [-0.39, 0.29) is 18.6 Å². The molecule has 2 N–H and O–H groups in total. The molecule has 0 saturated carbocycles. The van der Waals surface area contributed by atoms with Crippen LogP contribution in [0.15, 0.2) is 48.5 Å². The number of hydrogen-bond donors (Lipinski definition) is 2.